The number of carboxylic acids is 1. The van der Waals surface area contributed by atoms with Crippen molar-refractivity contribution < 1.29 is 42.9 Å². The van der Waals surface area contributed by atoms with Crippen molar-refractivity contribution in [3.8, 4) is 0 Å². The van der Waals surface area contributed by atoms with Gasteiger partial charge in [-0.3, -0.25) is 9.59 Å². The van der Waals surface area contributed by atoms with Crippen LogP contribution in [0.3, 0.4) is 0 Å². The lowest BCUT2D eigenvalue weighted by Gasteiger charge is -2.26. The zero-order valence-electron chi connectivity index (χ0n) is 63.8. The second kappa shape index (κ2) is 76.7. The molecule has 0 aliphatic heterocycles. The van der Waals surface area contributed by atoms with E-state index in [0.29, 0.717) is 17.4 Å². The molecule has 95 heavy (non-hydrogen) atoms. The van der Waals surface area contributed by atoms with Gasteiger partial charge in [-0.2, -0.15) is 0 Å². The van der Waals surface area contributed by atoms with Crippen molar-refractivity contribution in [1.29, 1.82) is 0 Å². The summed E-state index contributed by atoms with van der Waals surface area (Å²) in [5, 5.41) is 11.9. The van der Waals surface area contributed by atoms with Crippen molar-refractivity contribution in [1.82, 2.24) is 0 Å². The highest BCUT2D eigenvalue weighted by molar-refractivity contribution is 5.70. The van der Waals surface area contributed by atoms with Gasteiger partial charge in [0.25, 0.3) is 0 Å². The Bertz CT molecular complexity index is 1750. The van der Waals surface area contributed by atoms with Crippen LogP contribution in [0.2, 0.25) is 0 Å². The van der Waals surface area contributed by atoms with E-state index in [9.17, 15) is 19.5 Å². The number of rotatable bonds is 78. The Morgan fingerprint density at radius 3 is 0.905 bits per heavy atom. The van der Waals surface area contributed by atoms with E-state index >= 15 is 0 Å². The molecule has 0 fully saturated rings. The van der Waals surface area contributed by atoms with E-state index in [0.717, 1.165) is 64.2 Å². The summed E-state index contributed by atoms with van der Waals surface area (Å²) >= 11 is 0. The number of esters is 2. The number of quaternary nitrogens is 1. The van der Waals surface area contributed by atoms with Crippen molar-refractivity contribution in [3.05, 3.63) is 60.8 Å². The Morgan fingerprint density at radius 1 is 0.326 bits per heavy atom. The molecule has 0 amide bonds. The fraction of sp³-hybridized carbons (Fsp3) is 0.849. The Hall–Kier alpha value is -3.01. The molecule has 0 heterocycles. The second-order valence-electron chi connectivity index (χ2n) is 29.4. The van der Waals surface area contributed by atoms with Gasteiger partial charge < -0.3 is 33.3 Å². The standard InChI is InChI=1S/C86H159NO8/c1-6-8-10-12-14-16-18-20-22-24-26-28-30-32-34-36-38-40-42-44-46-48-50-52-54-56-58-60-62-64-66-68-70-72-74-76-83(88)93-80-82(81-94-86(85(90)91)92-79-78-87(3,4)5)95-84(89)77-75-73-71-69-67-65-63-61-59-57-55-53-51-49-47-45-43-41-39-37-35-33-31-29-27-25-23-21-19-17-15-13-11-9-7-2/h9,11,15,17,21,23-24,26-27,29,82,86H,6-8,10,12-14,16,18-20,22,25,28,30-81H2,1-5H3/b11-9-,17-15-,23-21-,26-24-,29-27-. The zero-order chi connectivity index (χ0) is 69.0. The molecule has 0 aromatic heterocycles. The van der Waals surface area contributed by atoms with Crippen LogP contribution in [-0.4, -0.2) is 82.3 Å². The predicted octanol–water partition coefficient (Wildman–Crippen LogP) is 25.3. The van der Waals surface area contributed by atoms with Gasteiger partial charge in [0, 0.05) is 12.8 Å². The molecule has 0 aliphatic carbocycles. The van der Waals surface area contributed by atoms with Crippen molar-refractivity contribution in [2.75, 3.05) is 47.5 Å². The molecule has 2 unspecified atom stereocenters. The van der Waals surface area contributed by atoms with E-state index < -0.39 is 24.3 Å². The summed E-state index contributed by atoms with van der Waals surface area (Å²) in [5.74, 6) is -2.25. The number of unbranched alkanes of at least 4 members (excludes halogenated alkanes) is 53. The topological polar surface area (TPSA) is 111 Å². The van der Waals surface area contributed by atoms with Gasteiger partial charge in [-0.05, 0) is 77.0 Å². The van der Waals surface area contributed by atoms with Crippen molar-refractivity contribution >= 4 is 17.9 Å². The third-order valence-corrected chi connectivity index (χ3v) is 18.7. The lowest BCUT2D eigenvalue weighted by Crippen LogP contribution is -2.44. The molecule has 9 nitrogen and oxygen atoms in total. The van der Waals surface area contributed by atoms with Crippen LogP contribution in [-0.2, 0) is 33.3 Å². The Kier molecular flexibility index (Phi) is 74.3. The molecule has 0 aromatic carbocycles. The number of carbonyl (C=O) groups is 3. The molecular weight excluding hydrogens is 1170 g/mol. The quantitative estimate of drug-likeness (QED) is 0.0195. The fourth-order valence-electron chi connectivity index (χ4n) is 12.5. The monoisotopic (exact) mass is 1330 g/mol. The maximum atomic E-state index is 13.0. The van der Waals surface area contributed by atoms with Crippen LogP contribution in [0.5, 0.6) is 0 Å². The van der Waals surface area contributed by atoms with E-state index in [2.05, 4.69) is 74.6 Å². The van der Waals surface area contributed by atoms with Crippen molar-refractivity contribution in [2.24, 2.45) is 0 Å². The molecule has 2 atom stereocenters. The molecule has 9 heteroatoms. The minimum Gasteiger partial charge on any atom is -0.545 e. The highest BCUT2D eigenvalue weighted by Gasteiger charge is 2.22. The smallest absolute Gasteiger partial charge is 0.306 e. The van der Waals surface area contributed by atoms with Gasteiger partial charge in [0.05, 0.1) is 40.3 Å². The molecule has 0 saturated heterocycles. The number of allylic oxidation sites excluding steroid dienone is 10. The number of hydrogen-bond donors (Lipinski definition) is 0. The minimum atomic E-state index is -1.62. The van der Waals surface area contributed by atoms with Crippen LogP contribution < -0.4 is 5.11 Å². The summed E-state index contributed by atoms with van der Waals surface area (Å²) in [6.07, 6.45) is 99.4. The first kappa shape index (κ1) is 92.0. The summed E-state index contributed by atoms with van der Waals surface area (Å²) in [7, 11) is 5.95. The van der Waals surface area contributed by atoms with Crippen molar-refractivity contribution in [3.63, 3.8) is 0 Å². The summed E-state index contributed by atoms with van der Waals surface area (Å²) in [5.41, 5.74) is 0. The maximum absolute atomic E-state index is 13.0. The number of nitrogens with zero attached hydrogens (tertiary/aromatic N) is 1. The van der Waals surface area contributed by atoms with Gasteiger partial charge in [-0.25, -0.2) is 0 Å². The lowest BCUT2D eigenvalue weighted by molar-refractivity contribution is -0.870. The molecule has 0 radical (unpaired) electrons. The lowest BCUT2D eigenvalue weighted by atomic mass is 10.0. The molecule has 0 aromatic rings. The SMILES string of the molecule is CC/C=C\C/C=C\C/C=C\C/C=C\CCCCCCCCCCCCCCCCCCCCCCCCC(=O)OC(COC(=O)CCCCCCCCCCCCCCCCCCCCCCCCC/C=C\CCCCCCCCCC)COC(OCC[N+](C)(C)C)C(=O)[O-]. The molecule has 0 N–H and O–H groups in total. The average Bonchev–Trinajstić information content (AvgIpc) is 3.58. The van der Waals surface area contributed by atoms with E-state index in [1.165, 1.54) is 321 Å². The molecule has 556 valence electrons. The van der Waals surface area contributed by atoms with Gasteiger partial charge in [-0.15, -0.1) is 0 Å². The number of ether oxygens (including phenoxy) is 4. The largest absolute Gasteiger partial charge is 0.545 e. The highest BCUT2D eigenvalue weighted by Crippen LogP contribution is 2.20. The predicted molar refractivity (Wildman–Crippen MR) is 408 cm³/mol. The van der Waals surface area contributed by atoms with Gasteiger partial charge >= 0.3 is 11.9 Å². The van der Waals surface area contributed by atoms with Gasteiger partial charge in [0.15, 0.2) is 12.4 Å². The Labute approximate surface area is 590 Å². The van der Waals surface area contributed by atoms with E-state index in [1.807, 2.05) is 21.1 Å². The molecule has 0 saturated carbocycles. The zero-order valence-corrected chi connectivity index (χ0v) is 63.8. The van der Waals surface area contributed by atoms with E-state index in [4.69, 9.17) is 18.9 Å². The second-order valence-corrected chi connectivity index (χ2v) is 29.4. The molecular formula is C86H159NO8. The number of carboxylic acid groups (broad SMARTS) is 1. The van der Waals surface area contributed by atoms with Gasteiger partial charge in [-0.1, -0.05) is 383 Å². The van der Waals surface area contributed by atoms with Gasteiger partial charge in [0.2, 0.25) is 0 Å². The highest BCUT2D eigenvalue weighted by atomic mass is 16.7. The van der Waals surface area contributed by atoms with E-state index in [1.54, 1.807) is 0 Å². The van der Waals surface area contributed by atoms with Crippen LogP contribution in [0.4, 0.5) is 0 Å². The van der Waals surface area contributed by atoms with Crippen LogP contribution in [0.1, 0.15) is 412 Å². The molecule has 0 aliphatic rings. The normalized spacial score (nSPS) is 12.9. The first-order chi connectivity index (χ1) is 46.6. The number of hydrogen-bond acceptors (Lipinski definition) is 8. The summed E-state index contributed by atoms with van der Waals surface area (Å²) in [6.45, 7) is 4.71. The number of carbonyl (C=O) groups excluding carboxylic acids is 3. The minimum absolute atomic E-state index is 0.150. The number of aliphatic carboxylic acids is 1. The summed E-state index contributed by atoms with van der Waals surface area (Å²) < 4.78 is 22.9. The Balaban J connectivity index is 3.95. The first-order valence-corrected chi connectivity index (χ1v) is 41.4. The number of likely N-dealkylation sites (N-methyl/N-ethyl adjacent to an activating group) is 1. The van der Waals surface area contributed by atoms with Crippen LogP contribution >= 0.6 is 0 Å². The summed E-state index contributed by atoms with van der Waals surface area (Å²) in [4.78, 5) is 37.6. The summed E-state index contributed by atoms with van der Waals surface area (Å²) in [6, 6.07) is 0. The van der Waals surface area contributed by atoms with Crippen LogP contribution in [0.15, 0.2) is 60.8 Å². The van der Waals surface area contributed by atoms with Gasteiger partial charge in [0.1, 0.15) is 13.2 Å². The fourth-order valence-corrected chi connectivity index (χ4v) is 12.5. The molecule has 0 spiro atoms. The average molecular weight is 1340 g/mol. The third kappa shape index (κ3) is 78.2. The van der Waals surface area contributed by atoms with E-state index in [-0.39, 0.29) is 32.2 Å². The van der Waals surface area contributed by atoms with Crippen LogP contribution in [0.25, 0.3) is 0 Å². The van der Waals surface area contributed by atoms with Crippen molar-refractivity contribution in [2.45, 2.75) is 424 Å². The maximum Gasteiger partial charge on any atom is 0.306 e. The molecule has 0 bridgehead atoms. The van der Waals surface area contributed by atoms with Crippen LogP contribution in [0, 0.1) is 0 Å². The third-order valence-electron chi connectivity index (χ3n) is 18.7. The Morgan fingerprint density at radius 2 is 0.600 bits per heavy atom. The molecule has 0 rings (SSSR count). The first-order valence-electron chi connectivity index (χ1n) is 41.4.